The highest BCUT2D eigenvalue weighted by Gasteiger charge is 2.35. The fraction of sp³-hybridized carbons (Fsp3) is 0.385. The smallest absolute Gasteiger partial charge is 0.306 e. The molecule has 1 saturated carbocycles. The quantitative estimate of drug-likeness (QED) is 0.820. The van der Waals surface area contributed by atoms with Gasteiger partial charge in [-0.1, -0.05) is 11.6 Å². The van der Waals surface area contributed by atoms with Crippen LogP contribution in [0.4, 0.5) is 0 Å². The summed E-state index contributed by atoms with van der Waals surface area (Å²) in [5, 5.41) is 12.2. The average molecular weight is 300 g/mol. The zero-order valence-electron chi connectivity index (χ0n) is 10.1. The van der Waals surface area contributed by atoms with E-state index in [1.54, 1.807) is 12.1 Å². The number of halogens is 1. The van der Waals surface area contributed by atoms with Gasteiger partial charge in [0.2, 0.25) is 5.91 Å². The summed E-state index contributed by atoms with van der Waals surface area (Å²) in [6.07, 6.45) is 1.07. The molecule has 0 bridgehead atoms. The van der Waals surface area contributed by atoms with Crippen LogP contribution in [-0.4, -0.2) is 28.8 Å². The van der Waals surface area contributed by atoms with Crippen molar-refractivity contribution in [2.75, 3.05) is 5.75 Å². The Labute approximate surface area is 120 Å². The Morgan fingerprint density at radius 1 is 1.32 bits per heavy atom. The summed E-state index contributed by atoms with van der Waals surface area (Å²) in [6, 6.07) is 7.31. The standard InChI is InChI=1S/C13H14ClNO3S/c14-9-1-3-11(4-2-9)19-7-12(16)15-10-5-8(6-10)13(17)18/h1-4,8,10H,5-7H2,(H,15,16)(H,17,18). The van der Waals surface area contributed by atoms with E-state index in [4.69, 9.17) is 16.7 Å². The first-order valence-corrected chi connectivity index (χ1v) is 7.31. The second-order valence-corrected chi connectivity index (χ2v) is 6.00. The molecule has 1 aromatic carbocycles. The topological polar surface area (TPSA) is 66.4 Å². The molecular weight excluding hydrogens is 286 g/mol. The Morgan fingerprint density at radius 3 is 2.53 bits per heavy atom. The predicted octanol–water partition coefficient (Wildman–Crippen LogP) is 2.41. The molecule has 1 aliphatic rings. The van der Waals surface area contributed by atoms with Gasteiger partial charge in [0.1, 0.15) is 0 Å². The highest BCUT2D eigenvalue weighted by molar-refractivity contribution is 8.00. The van der Waals surface area contributed by atoms with Crippen molar-refractivity contribution < 1.29 is 14.7 Å². The predicted molar refractivity (Wildman–Crippen MR) is 74.5 cm³/mol. The minimum Gasteiger partial charge on any atom is -0.481 e. The first kappa shape index (κ1) is 14.2. The van der Waals surface area contributed by atoms with E-state index >= 15 is 0 Å². The summed E-state index contributed by atoms with van der Waals surface area (Å²) in [4.78, 5) is 23.3. The Hall–Kier alpha value is -1.20. The molecule has 0 saturated heterocycles. The molecule has 1 aliphatic carbocycles. The largest absolute Gasteiger partial charge is 0.481 e. The van der Waals surface area contributed by atoms with Crippen molar-refractivity contribution in [1.82, 2.24) is 5.32 Å². The molecule has 0 heterocycles. The van der Waals surface area contributed by atoms with Gasteiger partial charge in [0.05, 0.1) is 11.7 Å². The minimum atomic E-state index is -0.777. The third kappa shape index (κ3) is 4.14. The van der Waals surface area contributed by atoms with Crippen LogP contribution in [0, 0.1) is 5.92 Å². The highest BCUT2D eigenvalue weighted by Crippen LogP contribution is 2.27. The fourth-order valence-electron chi connectivity index (χ4n) is 1.89. The number of hydrogen-bond acceptors (Lipinski definition) is 3. The molecule has 1 aromatic rings. The van der Waals surface area contributed by atoms with Gasteiger partial charge in [-0.15, -0.1) is 11.8 Å². The van der Waals surface area contributed by atoms with E-state index in [2.05, 4.69) is 5.32 Å². The van der Waals surface area contributed by atoms with Crippen LogP contribution < -0.4 is 5.32 Å². The number of aliphatic carboxylic acids is 1. The maximum atomic E-state index is 11.7. The van der Waals surface area contributed by atoms with Crippen LogP contribution in [0.2, 0.25) is 5.02 Å². The normalized spacial score (nSPS) is 21.5. The summed E-state index contributed by atoms with van der Waals surface area (Å²) < 4.78 is 0. The van der Waals surface area contributed by atoms with Gasteiger partial charge in [-0.05, 0) is 37.1 Å². The molecule has 0 radical (unpaired) electrons. The zero-order valence-corrected chi connectivity index (χ0v) is 11.7. The van der Waals surface area contributed by atoms with Gasteiger partial charge in [-0.25, -0.2) is 0 Å². The van der Waals surface area contributed by atoms with Gasteiger partial charge in [-0.3, -0.25) is 9.59 Å². The molecule has 0 unspecified atom stereocenters. The van der Waals surface area contributed by atoms with Gasteiger partial charge in [-0.2, -0.15) is 0 Å². The third-order valence-electron chi connectivity index (χ3n) is 3.04. The van der Waals surface area contributed by atoms with Crippen LogP contribution in [0.5, 0.6) is 0 Å². The number of carbonyl (C=O) groups excluding carboxylic acids is 1. The summed E-state index contributed by atoms with van der Waals surface area (Å²) in [6.45, 7) is 0. The highest BCUT2D eigenvalue weighted by atomic mass is 35.5. The first-order valence-electron chi connectivity index (χ1n) is 5.95. The van der Waals surface area contributed by atoms with E-state index in [0.29, 0.717) is 23.6 Å². The molecule has 2 rings (SSSR count). The average Bonchev–Trinajstić information content (AvgIpc) is 2.32. The van der Waals surface area contributed by atoms with Crippen LogP contribution in [0.25, 0.3) is 0 Å². The van der Waals surface area contributed by atoms with Crippen LogP contribution in [-0.2, 0) is 9.59 Å². The maximum absolute atomic E-state index is 11.7. The Morgan fingerprint density at radius 2 is 1.95 bits per heavy atom. The van der Waals surface area contributed by atoms with E-state index in [0.717, 1.165) is 4.90 Å². The van der Waals surface area contributed by atoms with Crippen molar-refractivity contribution in [3.05, 3.63) is 29.3 Å². The number of carboxylic acids is 1. The number of thioether (sulfide) groups is 1. The number of hydrogen-bond donors (Lipinski definition) is 2. The van der Waals surface area contributed by atoms with E-state index in [1.807, 2.05) is 12.1 Å². The summed E-state index contributed by atoms with van der Waals surface area (Å²) in [7, 11) is 0. The van der Waals surface area contributed by atoms with Crippen LogP contribution in [0.15, 0.2) is 29.2 Å². The SMILES string of the molecule is O=C(CSc1ccc(Cl)cc1)NC1CC(C(=O)O)C1. The Bertz CT molecular complexity index is 471. The lowest BCUT2D eigenvalue weighted by atomic mass is 9.80. The molecule has 0 spiro atoms. The van der Waals surface area contributed by atoms with Crippen LogP contribution in [0.1, 0.15) is 12.8 Å². The van der Waals surface area contributed by atoms with E-state index in [-0.39, 0.29) is 17.9 Å². The monoisotopic (exact) mass is 299 g/mol. The van der Waals surface area contributed by atoms with Crippen molar-refractivity contribution in [2.24, 2.45) is 5.92 Å². The number of carboxylic acid groups (broad SMARTS) is 1. The van der Waals surface area contributed by atoms with Crippen molar-refractivity contribution >= 4 is 35.2 Å². The van der Waals surface area contributed by atoms with Gasteiger partial charge < -0.3 is 10.4 Å². The van der Waals surface area contributed by atoms with Crippen molar-refractivity contribution in [2.45, 2.75) is 23.8 Å². The van der Waals surface area contributed by atoms with Gasteiger partial charge >= 0.3 is 5.97 Å². The van der Waals surface area contributed by atoms with E-state index in [9.17, 15) is 9.59 Å². The number of amides is 1. The van der Waals surface area contributed by atoms with E-state index in [1.165, 1.54) is 11.8 Å². The molecule has 102 valence electrons. The summed E-state index contributed by atoms with van der Waals surface area (Å²) >= 11 is 7.21. The first-order chi connectivity index (χ1) is 9.04. The van der Waals surface area contributed by atoms with E-state index < -0.39 is 5.97 Å². The lowest BCUT2D eigenvalue weighted by molar-refractivity contribution is -0.146. The molecule has 19 heavy (non-hydrogen) atoms. The molecule has 0 atom stereocenters. The lowest BCUT2D eigenvalue weighted by Crippen LogP contribution is -2.47. The Kier molecular flexibility index (Phi) is 4.71. The number of nitrogens with one attached hydrogen (secondary N) is 1. The number of benzene rings is 1. The zero-order chi connectivity index (χ0) is 13.8. The van der Waals surface area contributed by atoms with Gasteiger partial charge in [0.25, 0.3) is 0 Å². The van der Waals surface area contributed by atoms with Gasteiger partial charge in [0, 0.05) is 16.0 Å². The van der Waals surface area contributed by atoms with Crippen LogP contribution >= 0.6 is 23.4 Å². The molecule has 1 amide bonds. The second-order valence-electron chi connectivity index (χ2n) is 4.51. The maximum Gasteiger partial charge on any atom is 0.306 e. The second kappa shape index (κ2) is 6.30. The van der Waals surface area contributed by atoms with Crippen LogP contribution in [0.3, 0.4) is 0 Å². The fourth-order valence-corrected chi connectivity index (χ4v) is 2.72. The number of carbonyl (C=O) groups is 2. The lowest BCUT2D eigenvalue weighted by Gasteiger charge is -2.32. The molecule has 4 nitrogen and oxygen atoms in total. The third-order valence-corrected chi connectivity index (χ3v) is 4.30. The molecule has 2 N–H and O–H groups in total. The number of rotatable bonds is 5. The molecular formula is C13H14ClNO3S. The van der Waals surface area contributed by atoms with Crippen molar-refractivity contribution in [1.29, 1.82) is 0 Å². The summed E-state index contributed by atoms with van der Waals surface area (Å²) in [5.74, 6) is -0.806. The minimum absolute atomic E-state index is 0.0133. The molecule has 6 heteroatoms. The molecule has 1 fully saturated rings. The summed E-state index contributed by atoms with van der Waals surface area (Å²) in [5.41, 5.74) is 0. The molecule has 0 aromatic heterocycles. The Balaban J connectivity index is 1.68. The van der Waals surface area contributed by atoms with Crippen molar-refractivity contribution in [3.63, 3.8) is 0 Å². The van der Waals surface area contributed by atoms with Gasteiger partial charge in [0.15, 0.2) is 0 Å². The van der Waals surface area contributed by atoms with Crippen molar-refractivity contribution in [3.8, 4) is 0 Å². The molecule has 0 aliphatic heterocycles.